The molecule has 0 heterocycles. The standard InChI is InChI=1S/C79H154O17P2/c1-7-10-12-14-15-16-39-45-51-57-63-78(83)95-74(67-89-76(81)61-55-47-13-11-8-2)69-93-97(85,86)91-65-73(80)66-92-98(87,88)94-70-75(68-90-77(82)62-56-50-44-40-35-31-27-23-19-17-21-25-29-33-37-42-48-53-59-71(4)5)96-79(84)64-58-52-46-41-36-32-28-24-20-18-22-26-30-34-38-43-49-54-60-72(6)9-3/h71-75,80H,7-70H2,1-6H3,(H,85,86)(H,87,88)/t72?,73-,74+,75+/m0/s1. The Hall–Kier alpha value is -1.94. The van der Waals surface area contributed by atoms with Gasteiger partial charge in [0.2, 0.25) is 0 Å². The normalized spacial score (nSPS) is 14.2. The van der Waals surface area contributed by atoms with E-state index in [-0.39, 0.29) is 25.7 Å². The Morgan fingerprint density at radius 1 is 0.296 bits per heavy atom. The summed E-state index contributed by atoms with van der Waals surface area (Å²) in [5.41, 5.74) is 0. The van der Waals surface area contributed by atoms with Crippen LogP contribution in [0.25, 0.3) is 0 Å². The van der Waals surface area contributed by atoms with Gasteiger partial charge in [-0.3, -0.25) is 37.3 Å². The molecule has 582 valence electrons. The molecule has 0 bridgehead atoms. The number of aliphatic hydroxyl groups is 1. The van der Waals surface area contributed by atoms with Crippen molar-refractivity contribution in [3.8, 4) is 0 Å². The summed E-state index contributed by atoms with van der Waals surface area (Å²) in [5, 5.41) is 10.6. The van der Waals surface area contributed by atoms with Crippen molar-refractivity contribution in [2.24, 2.45) is 11.8 Å². The van der Waals surface area contributed by atoms with Crippen molar-refractivity contribution in [1.29, 1.82) is 0 Å². The molecule has 17 nitrogen and oxygen atoms in total. The number of carbonyl (C=O) groups is 4. The molecule has 3 unspecified atom stereocenters. The van der Waals surface area contributed by atoms with Gasteiger partial charge in [-0.1, -0.05) is 363 Å². The van der Waals surface area contributed by atoms with Crippen molar-refractivity contribution < 1.29 is 80.2 Å². The van der Waals surface area contributed by atoms with Crippen LogP contribution in [0.1, 0.15) is 414 Å². The number of ether oxygens (including phenoxy) is 4. The summed E-state index contributed by atoms with van der Waals surface area (Å²) in [6.07, 6.45) is 60.3. The Bertz CT molecular complexity index is 1890. The molecule has 0 aromatic heterocycles. The summed E-state index contributed by atoms with van der Waals surface area (Å²) in [4.78, 5) is 72.5. The van der Waals surface area contributed by atoms with Crippen LogP contribution < -0.4 is 0 Å². The molecule has 98 heavy (non-hydrogen) atoms. The number of aliphatic hydroxyl groups excluding tert-OH is 1. The minimum atomic E-state index is -4.96. The zero-order valence-electron chi connectivity index (χ0n) is 64.1. The first-order chi connectivity index (χ1) is 47.4. The third kappa shape index (κ3) is 71.1. The molecule has 0 aliphatic rings. The second-order valence-electron chi connectivity index (χ2n) is 29.2. The van der Waals surface area contributed by atoms with Crippen LogP contribution in [0.3, 0.4) is 0 Å². The van der Waals surface area contributed by atoms with E-state index in [1.54, 1.807) is 0 Å². The molecular weight excluding hydrogens is 1280 g/mol. The van der Waals surface area contributed by atoms with Crippen LogP contribution in [-0.4, -0.2) is 96.7 Å². The van der Waals surface area contributed by atoms with E-state index in [1.807, 2.05) is 0 Å². The first kappa shape index (κ1) is 96.1. The Morgan fingerprint density at radius 2 is 0.520 bits per heavy atom. The number of hydrogen-bond acceptors (Lipinski definition) is 15. The van der Waals surface area contributed by atoms with Gasteiger partial charge in [0.25, 0.3) is 0 Å². The molecule has 0 aliphatic carbocycles. The lowest BCUT2D eigenvalue weighted by Crippen LogP contribution is -2.30. The third-order valence-electron chi connectivity index (χ3n) is 18.8. The van der Waals surface area contributed by atoms with Crippen LogP contribution in [0.15, 0.2) is 0 Å². The number of hydrogen-bond donors (Lipinski definition) is 3. The predicted octanol–water partition coefficient (Wildman–Crippen LogP) is 23.5. The largest absolute Gasteiger partial charge is 0.472 e. The SMILES string of the molecule is CCCCCCCCCCCCC(=O)O[C@H](COC(=O)CCCCCCC)COP(=O)(O)OC[C@H](O)COP(=O)(O)OC[C@@H](COC(=O)CCCCCCCCCCCCCCCCCCCCC(C)C)OC(=O)CCCCCCCCCCCCCCCCCCCCC(C)CC. The van der Waals surface area contributed by atoms with Crippen LogP contribution in [-0.2, 0) is 65.4 Å². The molecule has 0 fully saturated rings. The van der Waals surface area contributed by atoms with Crippen molar-refractivity contribution in [2.45, 2.75) is 432 Å². The van der Waals surface area contributed by atoms with Crippen LogP contribution in [0.2, 0.25) is 0 Å². The summed E-state index contributed by atoms with van der Waals surface area (Å²) in [7, 11) is -9.90. The maximum absolute atomic E-state index is 13.1. The summed E-state index contributed by atoms with van der Waals surface area (Å²) in [6.45, 7) is 9.61. The number of phosphoric ester groups is 2. The Labute approximate surface area is 600 Å². The molecule has 0 spiro atoms. The second kappa shape index (κ2) is 70.7. The van der Waals surface area contributed by atoms with Gasteiger partial charge in [-0.25, -0.2) is 9.13 Å². The minimum absolute atomic E-state index is 0.106. The minimum Gasteiger partial charge on any atom is -0.462 e. The van der Waals surface area contributed by atoms with Crippen molar-refractivity contribution in [3.63, 3.8) is 0 Å². The average molecular weight is 1440 g/mol. The first-order valence-electron chi connectivity index (χ1n) is 41.0. The topological polar surface area (TPSA) is 237 Å². The van der Waals surface area contributed by atoms with Gasteiger partial charge in [-0.2, -0.15) is 0 Å². The van der Waals surface area contributed by atoms with E-state index in [2.05, 4.69) is 41.5 Å². The van der Waals surface area contributed by atoms with E-state index in [4.69, 9.17) is 37.0 Å². The molecule has 0 radical (unpaired) electrons. The molecule has 3 N–H and O–H groups in total. The fourth-order valence-electron chi connectivity index (χ4n) is 12.2. The summed E-state index contributed by atoms with van der Waals surface area (Å²) in [5.74, 6) is -0.431. The highest BCUT2D eigenvalue weighted by Crippen LogP contribution is 2.45. The summed E-state index contributed by atoms with van der Waals surface area (Å²) >= 11 is 0. The van der Waals surface area contributed by atoms with Crippen LogP contribution >= 0.6 is 15.6 Å². The Kier molecular flexibility index (Phi) is 69.3. The maximum Gasteiger partial charge on any atom is 0.472 e. The van der Waals surface area contributed by atoms with E-state index in [9.17, 15) is 43.2 Å². The van der Waals surface area contributed by atoms with Gasteiger partial charge in [-0.05, 0) is 37.5 Å². The predicted molar refractivity (Wildman–Crippen MR) is 400 cm³/mol. The molecule has 0 amide bonds. The van der Waals surface area contributed by atoms with E-state index in [1.165, 1.54) is 225 Å². The Morgan fingerprint density at radius 3 is 0.776 bits per heavy atom. The van der Waals surface area contributed by atoms with Gasteiger partial charge < -0.3 is 33.8 Å². The highest BCUT2D eigenvalue weighted by Gasteiger charge is 2.30. The Balaban J connectivity index is 5.08. The fourth-order valence-corrected chi connectivity index (χ4v) is 13.7. The van der Waals surface area contributed by atoms with Gasteiger partial charge in [0.15, 0.2) is 12.2 Å². The molecule has 0 saturated heterocycles. The molecule has 0 aromatic rings. The van der Waals surface area contributed by atoms with E-state index < -0.39 is 97.5 Å². The van der Waals surface area contributed by atoms with E-state index in [0.717, 1.165) is 108 Å². The van der Waals surface area contributed by atoms with Gasteiger partial charge in [0.05, 0.1) is 26.4 Å². The highest BCUT2D eigenvalue weighted by molar-refractivity contribution is 7.47. The van der Waals surface area contributed by atoms with Crippen LogP contribution in [0.5, 0.6) is 0 Å². The van der Waals surface area contributed by atoms with Crippen molar-refractivity contribution in [3.05, 3.63) is 0 Å². The van der Waals surface area contributed by atoms with Crippen LogP contribution in [0.4, 0.5) is 0 Å². The molecular formula is C79H154O17P2. The molecule has 19 heteroatoms. The zero-order valence-corrected chi connectivity index (χ0v) is 65.9. The smallest absolute Gasteiger partial charge is 0.462 e. The van der Waals surface area contributed by atoms with Gasteiger partial charge in [-0.15, -0.1) is 0 Å². The molecule has 6 atom stereocenters. The van der Waals surface area contributed by atoms with Crippen molar-refractivity contribution in [2.75, 3.05) is 39.6 Å². The third-order valence-corrected chi connectivity index (χ3v) is 20.7. The number of phosphoric acid groups is 2. The number of unbranched alkanes of at least 4 members (excludes halogenated alkanes) is 47. The maximum atomic E-state index is 13.1. The van der Waals surface area contributed by atoms with Crippen molar-refractivity contribution in [1.82, 2.24) is 0 Å². The highest BCUT2D eigenvalue weighted by atomic mass is 31.2. The monoisotopic (exact) mass is 1440 g/mol. The van der Waals surface area contributed by atoms with Gasteiger partial charge in [0, 0.05) is 25.7 Å². The number of rotatable bonds is 78. The zero-order chi connectivity index (χ0) is 72.1. The number of carbonyl (C=O) groups excluding carboxylic acids is 4. The summed E-state index contributed by atoms with van der Waals surface area (Å²) in [6, 6.07) is 0. The lowest BCUT2D eigenvalue weighted by molar-refractivity contribution is -0.161. The lowest BCUT2D eigenvalue weighted by atomic mass is 9.99. The molecule has 0 rings (SSSR count). The quantitative estimate of drug-likeness (QED) is 0.0222. The first-order valence-corrected chi connectivity index (χ1v) is 44.0. The van der Waals surface area contributed by atoms with E-state index in [0.29, 0.717) is 25.7 Å². The molecule has 0 aromatic carbocycles. The second-order valence-corrected chi connectivity index (χ2v) is 32.1. The average Bonchev–Trinajstić information content (AvgIpc) is 1.07. The number of esters is 4. The van der Waals surface area contributed by atoms with Crippen LogP contribution in [0, 0.1) is 11.8 Å². The molecule has 0 saturated carbocycles. The van der Waals surface area contributed by atoms with E-state index >= 15 is 0 Å². The summed E-state index contributed by atoms with van der Waals surface area (Å²) < 4.78 is 68.3. The fraction of sp³-hybridized carbons (Fsp3) is 0.949. The molecule has 0 aliphatic heterocycles. The lowest BCUT2D eigenvalue weighted by Gasteiger charge is -2.21. The van der Waals surface area contributed by atoms with Gasteiger partial charge in [0.1, 0.15) is 19.3 Å². The van der Waals surface area contributed by atoms with Gasteiger partial charge >= 0.3 is 39.5 Å². The van der Waals surface area contributed by atoms with Crippen molar-refractivity contribution >= 4 is 39.5 Å².